The zero-order valence-corrected chi connectivity index (χ0v) is 10.7. The van der Waals surface area contributed by atoms with Crippen LogP contribution in [-0.2, 0) is 4.79 Å². The zero-order chi connectivity index (χ0) is 12.3. The maximum Gasteiger partial charge on any atom is 0.240 e. The number of amides is 1. The van der Waals surface area contributed by atoms with Crippen molar-refractivity contribution in [2.75, 3.05) is 6.54 Å². The molecule has 0 aromatic rings. The third kappa shape index (κ3) is 2.80. The van der Waals surface area contributed by atoms with E-state index in [4.69, 9.17) is 0 Å². The van der Waals surface area contributed by atoms with E-state index in [2.05, 4.69) is 17.6 Å². The van der Waals surface area contributed by atoms with E-state index in [-0.39, 0.29) is 23.6 Å². The summed E-state index contributed by atoms with van der Waals surface area (Å²) in [4.78, 5) is 12.3. The van der Waals surface area contributed by atoms with Gasteiger partial charge in [-0.3, -0.25) is 4.79 Å². The molecule has 4 heteroatoms. The summed E-state index contributed by atoms with van der Waals surface area (Å²) >= 11 is 0. The maximum atomic E-state index is 12.3. The van der Waals surface area contributed by atoms with Crippen LogP contribution in [0.3, 0.4) is 0 Å². The average Bonchev–Trinajstić information content (AvgIpc) is 2.82. The Bertz CT molecular complexity index is 267. The molecule has 98 valence electrons. The van der Waals surface area contributed by atoms with Gasteiger partial charge in [-0.15, -0.1) is 0 Å². The van der Waals surface area contributed by atoms with Crippen LogP contribution >= 0.6 is 0 Å². The maximum absolute atomic E-state index is 12.3. The summed E-state index contributed by atoms with van der Waals surface area (Å²) in [6.45, 7) is 3.02. The lowest BCUT2D eigenvalue weighted by atomic mass is 9.89. The largest absolute Gasteiger partial charge is 0.393 e. The Kier molecular flexibility index (Phi) is 4.05. The van der Waals surface area contributed by atoms with Gasteiger partial charge >= 0.3 is 0 Å². The highest BCUT2D eigenvalue weighted by Gasteiger charge is 2.39. The summed E-state index contributed by atoms with van der Waals surface area (Å²) in [5, 5.41) is 16.0. The summed E-state index contributed by atoms with van der Waals surface area (Å²) in [6.07, 6.45) is 6.19. The lowest BCUT2D eigenvalue weighted by Crippen LogP contribution is -2.55. The molecule has 2 rings (SSSR count). The van der Waals surface area contributed by atoms with Crippen molar-refractivity contribution in [1.29, 1.82) is 0 Å². The Morgan fingerprint density at radius 3 is 2.65 bits per heavy atom. The number of carbonyl (C=O) groups is 1. The second-order valence-corrected chi connectivity index (χ2v) is 5.44. The quantitative estimate of drug-likeness (QED) is 0.688. The first-order valence-electron chi connectivity index (χ1n) is 6.90. The normalized spacial score (nSPS) is 38.0. The van der Waals surface area contributed by atoms with E-state index in [0.29, 0.717) is 0 Å². The first-order chi connectivity index (χ1) is 8.16. The first-order valence-corrected chi connectivity index (χ1v) is 6.90. The second kappa shape index (κ2) is 5.36. The van der Waals surface area contributed by atoms with Gasteiger partial charge in [0.05, 0.1) is 11.6 Å². The van der Waals surface area contributed by atoms with Crippen LogP contribution < -0.4 is 10.6 Å². The Labute approximate surface area is 103 Å². The van der Waals surface area contributed by atoms with E-state index >= 15 is 0 Å². The number of hydrogen-bond donors (Lipinski definition) is 3. The molecular formula is C13H24N2O2. The molecule has 0 bridgehead atoms. The molecule has 1 aliphatic heterocycles. The van der Waals surface area contributed by atoms with Crippen LogP contribution in [0.25, 0.3) is 0 Å². The SMILES string of the molecule is CCC1(C(=O)NC2CCC(O)CC2)CCCN1. The fourth-order valence-electron chi connectivity index (χ4n) is 3.01. The van der Waals surface area contributed by atoms with Gasteiger partial charge in [-0.1, -0.05) is 6.92 Å². The van der Waals surface area contributed by atoms with E-state index in [0.717, 1.165) is 51.5 Å². The Morgan fingerprint density at radius 1 is 1.41 bits per heavy atom. The molecule has 1 heterocycles. The minimum Gasteiger partial charge on any atom is -0.393 e. The standard InChI is InChI=1S/C13H24N2O2/c1-2-13(8-3-9-14-13)12(17)15-10-4-6-11(16)7-5-10/h10-11,14,16H,2-9H2,1H3,(H,15,17). The Morgan fingerprint density at radius 2 is 2.12 bits per heavy atom. The molecule has 0 aromatic heterocycles. The number of rotatable bonds is 3. The van der Waals surface area contributed by atoms with Crippen LogP contribution in [0.5, 0.6) is 0 Å². The van der Waals surface area contributed by atoms with Crippen LogP contribution in [0.2, 0.25) is 0 Å². The fourth-order valence-corrected chi connectivity index (χ4v) is 3.01. The van der Waals surface area contributed by atoms with E-state index in [1.165, 1.54) is 0 Å². The predicted molar refractivity (Wildman–Crippen MR) is 66.7 cm³/mol. The molecule has 2 fully saturated rings. The number of aliphatic hydroxyl groups is 1. The van der Waals surface area contributed by atoms with Gasteiger partial charge in [-0.05, 0) is 51.5 Å². The monoisotopic (exact) mass is 240 g/mol. The summed E-state index contributed by atoms with van der Waals surface area (Å²) < 4.78 is 0. The predicted octanol–water partition coefficient (Wildman–Crippen LogP) is 0.938. The highest BCUT2D eigenvalue weighted by Crippen LogP contribution is 2.25. The molecule has 0 aromatic carbocycles. The topological polar surface area (TPSA) is 61.4 Å². The molecule has 1 saturated heterocycles. The van der Waals surface area contributed by atoms with Gasteiger partial charge in [-0.25, -0.2) is 0 Å². The fraction of sp³-hybridized carbons (Fsp3) is 0.923. The smallest absolute Gasteiger partial charge is 0.240 e. The third-order valence-corrected chi connectivity index (χ3v) is 4.31. The molecule has 1 aliphatic carbocycles. The van der Waals surface area contributed by atoms with Gasteiger partial charge in [0.2, 0.25) is 5.91 Å². The lowest BCUT2D eigenvalue weighted by Gasteiger charge is -2.32. The Balaban J connectivity index is 1.87. The van der Waals surface area contributed by atoms with Crippen molar-refractivity contribution in [2.45, 2.75) is 69.6 Å². The zero-order valence-electron chi connectivity index (χ0n) is 10.7. The van der Waals surface area contributed by atoms with Gasteiger partial charge in [-0.2, -0.15) is 0 Å². The average molecular weight is 240 g/mol. The van der Waals surface area contributed by atoms with Gasteiger partial charge < -0.3 is 15.7 Å². The minimum absolute atomic E-state index is 0.159. The van der Waals surface area contributed by atoms with Gasteiger partial charge in [0.15, 0.2) is 0 Å². The molecular weight excluding hydrogens is 216 g/mol. The molecule has 3 N–H and O–H groups in total. The summed E-state index contributed by atoms with van der Waals surface area (Å²) in [7, 11) is 0. The molecule has 1 saturated carbocycles. The van der Waals surface area contributed by atoms with Crippen LogP contribution in [0.4, 0.5) is 0 Å². The molecule has 1 amide bonds. The second-order valence-electron chi connectivity index (χ2n) is 5.44. The first kappa shape index (κ1) is 12.8. The van der Waals surface area contributed by atoms with Crippen molar-refractivity contribution in [3.8, 4) is 0 Å². The van der Waals surface area contributed by atoms with Gasteiger partial charge in [0.1, 0.15) is 0 Å². The van der Waals surface area contributed by atoms with E-state index in [1.807, 2.05) is 0 Å². The van der Waals surface area contributed by atoms with Gasteiger partial charge in [0, 0.05) is 6.04 Å². The van der Waals surface area contributed by atoms with Crippen LogP contribution in [-0.4, -0.2) is 35.2 Å². The minimum atomic E-state index is -0.323. The lowest BCUT2D eigenvalue weighted by molar-refractivity contribution is -0.128. The molecule has 1 unspecified atom stereocenters. The molecule has 17 heavy (non-hydrogen) atoms. The molecule has 1 atom stereocenters. The number of aliphatic hydroxyl groups excluding tert-OH is 1. The van der Waals surface area contributed by atoms with Crippen molar-refractivity contribution < 1.29 is 9.90 Å². The summed E-state index contributed by atoms with van der Waals surface area (Å²) in [6, 6.07) is 0.261. The third-order valence-electron chi connectivity index (χ3n) is 4.31. The Hall–Kier alpha value is -0.610. The van der Waals surface area contributed by atoms with Crippen molar-refractivity contribution in [1.82, 2.24) is 10.6 Å². The van der Waals surface area contributed by atoms with Crippen LogP contribution in [0.15, 0.2) is 0 Å². The number of hydrogen-bond acceptors (Lipinski definition) is 3. The number of carbonyl (C=O) groups excluding carboxylic acids is 1. The summed E-state index contributed by atoms with van der Waals surface area (Å²) in [5.74, 6) is 0.166. The molecule has 2 aliphatic rings. The van der Waals surface area contributed by atoms with Crippen molar-refractivity contribution in [3.05, 3.63) is 0 Å². The highest BCUT2D eigenvalue weighted by molar-refractivity contribution is 5.86. The van der Waals surface area contributed by atoms with Gasteiger partial charge in [0.25, 0.3) is 0 Å². The molecule has 4 nitrogen and oxygen atoms in total. The highest BCUT2D eigenvalue weighted by atomic mass is 16.3. The molecule has 0 spiro atoms. The van der Waals surface area contributed by atoms with Crippen LogP contribution in [0, 0.1) is 0 Å². The van der Waals surface area contributed by atoms with Crippen molar-refractivity contribution in [3.63, 3.8) is 0 Å². The van der Waals surface area contributed by atoms with E-state index in [1.54, 1.807) is 0 Å². The molecule has 0 radical (unpaired) electrons. The number of nitrogens with one attached hydrogen (secondary N) is 2. The van der Waals surface area contributed by atoms with Crippen molar-refractivity contribution >= 4 is 5.91 Å². The summed E-state index contributed by atoms with van der Waals surface area (Å²) in [5.41, 5.74) is -0.323. The van der Waals surface area contributed by atoms with E-state index < -0.39 is 0 Å². The van der Waals surface area contributed by atoms with E-state index in [9.17, 15) is 9.90 Å². The van der Waals surface area contributed by atoms with Crippen LogP contribution in [0.1, 0.15) is 51.9 Å². The van der Waals surface area contributed by atoms with Crippen molar-refractivity contribution in [2.24, 2.45) is 0 Å².